The Morgan fingerprint density at radius 2 is 1.79 bits per heavy atom. The molecule has 0 radical (unpaired) electrons. The number of alkyl halides is 3. The van der Waals surface area contributed by atoms with Crippen LogP contribution in [-0.4, -0.2) is 77.5 Å². The van der Waals surface area contributed by atoms with Crippen molar-refractivity contribution in [1.29, 1.82) is 0 Å². The quantitative estimate of drug-likeness (QED) is 0.687. The number of carboxylic acids is 1. The van der Waals surface area contributed by atoms with Gasteiger partial charge in [-0.15, -0.1) is 5.10 Å². The fourth-order valence-electron chi connectivity index (χ4n) is 4.76. The minimum Gasteiger partial charge on any atom is -0.475 e. The first-order chi connectivity index (χ1) is 15.9. The predicted molar refractivity (Wildman–Crippen MR) is 118 cm³/mol. The highest BCUT2D eigenvalue weighted by molar-refractivity contribution is 7.07. The molecule has 0 aliphatic carbocycles. The summed E-state index contributed by atoms with van der Waals surface area (Å²) in [7, 11) is 2.02. The van der Waals surface area contributed by atoms with E-state index in [4.69, 9.17) is 9.90 Å². The minimum absolute atomic E-state index is 0.00460. The average Bonchev–Trinajstić information content (AvgIpc) is 3.40. The minimum atomic E-state index is -5.08. The van der Waals surface area contributed by atoms with Crippen LogP contribution in [0, 0.1) is 13.8 Å². The van der Waals surface area contributed by atoms with E-state index in [1.54, 1.807) is 0 Å². The van der Waals surface area contributed by atoms with Crippen LogP contribution in [0.1, 0.15) is 58.9 Å². The van der Waals surface area contributed by atoms with Gasteiger partial charge in [-0.2, -0.15) is 18.3 Å². The Kier molecular flexibility index (Phi) is 7.96. The highest BCUT2D eigenvalue weighted by Crippen LogP contribution is 2.40. The monoisotopic (exact) mass is 502 g/mol. The van der Waals surface area contributed by atoms with Crippen molar-refractivity contribution in [3.05, 3.63) is 28.0 Å². The molecule has 34 heavy (non-hydrogen) atoms. The lowest BCUT2D eigenvalue weighted by molar-refractivity contribution is -0.192. The predicted octanol–water partition coefficient (Wildman–Crippen LogP) is 3.18. The maximum Gasteiger partial charge on any atom is 0.490 e. The van der Waals surface area contributed by atoms with E-state index in [-0.39, 0.29) is 11.4 Å². The number of nitrogens with zero attached hydrogens (tertiary/aromatic N) is 6. The van der Waals surface area contributed by atoms with Crippen molar-refractivity contribution < 1.29 is 27.9 Å². The fourth-order valence-corrected chi connectivity index (χ4v) is 5.37. The number of carbonyl (C=O) groups excluding carboxylic acids is 1. The van der Waals surface area contributed by atoms with E-state index >= 15 is 0 Å². The van der Waals surface area contributed by atoms with E-state index in [0.29, 0.717) is 4.88 Å². The number of rotatable bonds is 3. The van der Waals surface area contributed by atoms with Gasteiger partial charge in [-0.25, -0.2) is 4.79 Å². The van der Waals surface area contributed by atoms with Crippen molar-refractivity contribution in [2.24, 2.45) is 7.05 Å². The third kappa shape index (κ3) is 5.93. The molecule has 1 unspecified atom stereocenters. The van der Waals surface area contributed by atoms with Crippen LogP contribution in [0.15, 0.2) is 6.07 Å². The zero-order valence-corrected chi connectivity index (χ0v) is 20.2. The zero-order valence-electron chi connectivity index (χ0n) is 19.4. The molecular formula is C21H29F3N6O3S. The molecule has 4 heterocycles. The summed E-state index contributed by atoms with van der Waals surface area (Å²) in [5, 5.41) is 15.6. The summed E-state index contributed by atoms with van der Waals surface area (Å²) in [5.74, 6) is -2.62. The fraction of sp³-hybridized carbons (Fsp3) is 0.667. The average molecular weight is 503 g/mol. The van der Waals surface area contributed by atoms with Crippen LogP contribution in [0.4, 0.5) is 13.2 Å². The summed E-state index contributed by atoms with van der Waals surface area (Å²) in [5.41, 5.74) is 3.09. The van der Waals surface area contributed by atoms with E-state index < -0.39 is 12.1 Å². The van der Waals surface area contributed by atoms with Crippen LogP contribution in [0.25, 0.3) is 0 Å². The summed E-state index contributed by atoms with van der Waals surface area (Å²) in [4.78, 5) is 27.4. The molecule has 4 rings (SSSR count). The molecule has 1 spiro atoms. The Morgan fingerprint density at radius 1 is 1.15 bits per heavy atom. The molecule has 1 amide bonds. The molecule has 13 heteroatoms. The molecule has 1 atom stereocenters. The van der Waals surface area contributed by atoms with Gasteiger partial charge in [0.05, 0.1) is 17.1 Å². The highest BCUT2D eigenvalue weighted by Gasteiger charge is 2.45. The van der Waals surface area contributed by atoms with Gasteiger partial charge < -0.3 is 10.0 Å². The summed E-state index contributed by atoms with van der Waals surface area (Å²) in [6.07, 6.45) is 0.382. The first-order valence-electron chi connectivity index (χ1n) is 11.1. The maximum atomic E-state index is 13.2. The Hall–Kier alpha value is -2.54. The third-order valence-electron chi connectivity index (χ3n) is 6.42. The van der Waals surface area contributed by atoms with Crippen molar-refractivity contribution in [2.75, 3.05) is 19.6 Å². The van der Waals surface area contributed by atoms with Crippen LogP contribution < -0.4 is 0 Å². The van der Waals surface area contributed by atoms with E-state index in [1.165, 1.54) is 17.2 Å². The van der Waals surface area contributed by atoms with Crippen LogP contribution >= 0.6 is 11.5 Å². The Labute approximate surface area is 199 Å². The Balaban J connectivity index is 0.000000406. The van der Waals surface area contributed by atoms with Gasteiger partial charge in [-0.05, 0) is 70.1 Å². The lowest BCUT2D eigenvalue weighted by atomic mass is 9.87. The lowest BCUT2D eigenvalue weighted by Gasteiger charge is -2.38. The number of aryl methyl sites for hydroxylation is 3. The molecule has 2 aliphatic rings. The van der Waals surface area contributed by atoms with Gasteiger partial charge >= 0.3 is 12.1 Å². The summed E-state index contributed by atoms with van der Waals surface area (Å²) < 4.78 is 37.7. The molecule has 9 nitrogen and oxygen atoms in total. The van der Waals surface area contributed by atoms with Gasteiger partial charge in [0.25, 0.3) is 5.91 Å². The van der Waals surface area contributed by atoms with Gasteiger partial charge in [0.1, 0.15) is 4.88 Å². The lowest BCUT2D eigenvalue weighted by Crippen LogP contribution is -2.47. The maximum absolute atomic E-state index is 13.2. The molecule has 2 saturated heterocycles. The largest absolute Gasteiger partial charge is 0.490 e. The zero-order chi connectivity index (χ0) is 25.1. The van der Waals surface area contributed by atoms with Gasteiger partial charge in [-0.3, -0.25) is 14.4 Å². The highest BCUT2D eigenvalue weighted by atomic mass is 32.1. The molecule has 2 aliphatic heterocycles. The van der Waals surface area contributed by atoms with E-state index in [2.05, 4.69) is 30.6 Å². The number of carbonyl (C=O) groups is 2. The number of carboxylic acid groups (broad SMARTS) is 1. The van der Waals surface area contributed by atoms with Crippen molar-refractivity contribution in [3.8, 4) is 0 Å². The van der Waals surface area contributed by atoms with Crippen molar-refractivity contribution in [1.82, 2.24) is 29.2 Å². The second-order valence-electron chi connectivity index (χ2n) is 8.81. The van der Waals surface area contributed by atoms with Crippen LogP contribution in [0.2, 0.25) is 0 Å². The van der Waals surface area contributed by atoms with E-state index in [0.717, 1.165) is 69.7 Å². The smallest absolute Gasteiger partial charge is 0.475 e. The number of aromatic nitrogens is 4. The molecule has 2 aromatic rings. The normalized spacial score (nSPS) is 21.3. The number of amides is 1. The molecule has 2 fully saturated rings. The van der Waals surface area contributed by atoms with Gasteiger partial charge in [0.2, 0.25) is 0 Å². The van der Waals surface area contributed by atoms with Gasteiger partial charge in [0, 0.05) is 32.2 Å². The summed E-state index contributed by atoms with van der Waals surface area (Å²) in [6.45, 7) is 7.81. The van der Waals surface area contributed by atoms with E-state index in [1.807, 2.05) is 25.6 Å². The second-order valence-corrected chi connectivity index (χ2v) is 9.56. The van der Waals surface area contributed by atoms with Gasteiger partial charge in [0.15, 0.2) is 0 Å². The number of aliphatic carboxylic acids is 1. The number of hydrogen-bond acceptors (Lipinski definition) is 7. The van der Waals surface area contributed by atoms with Gasteiger partial charge in [-0.1, -0.05) is 4.49 Å². The molecule has 0 bridgehead atoms. The third-order valence-corrected chi connectivity index (χ3v) is 7.24. The number of likely N-dealkylation sites (tertiary alicyclic amines) is 2. The molecule has 0 saturated carbocycles. The van der Waals surface area contributed by atoms with Crippen LogP contribution in [0.3, 0.4) is 0 Å². The number of hydrogen-bond donors (Lipinski definition) is 1. The van der Waals surface area contributed by atoms with Crippen LogP contribution in [-0.2, 0) is 18.4 Å². The molecule has 1 N–H and O–H groups in total. The van der Waals surface area contributed by atoms with E-state index in [9.17, 15) is 18.0 Å². The SMILES string of the molecule is Cc1cc(CN2CCCC3(CCCN3C(=O)c3snnc3C)CC2)n(C)n1.O=C(O)C(F)(F)F. The van der Waals surface area contributed by atoms with Crippen molar-refractivity contribution in [2.45, 2.75) is 64.2 Å². The number of halogens is 3. The Bertz CT molecular complexity index is 1020. The topological polar surface area (TPSA) is 104 Å². The van der Waals surface area contributed by atoms with Crippen molar-refractivity contribution >= 4 is 23.4 Å². The van der Waals surface area contributed by atoms with Crippen molar-refractivity contribution in [3.63, 3.8) is 0 Å². The molecule has 2 aromatic heterocycles. The summed E-state index contributed by atoms with van der Waals surface area (Å²) in [6, 6.07) is 2.17. The Morgan fingerprint density at radius 3 is 2.32 bits per heavy atom. The first kappa shape index (κ1) is 26.1. The molecule has 0 aromatic carbocycles. The summed E-state index contributed by atoms with van der Waals surface area (Å²) >= 11 is 1.23. The first-order valence-corrected chi connectivity index (χ1v) is 11.8. The molecular weight excluding hydrogens is 473 g/mol. The standard InChI is InChI=1S/C19H28N6OS.C2HF3O2/c1-14-12-16(23(3)21-14)13-24-9-4-6-19(8-11-24)7-5-10-25(19)18(26)17-15(2)20-22-27-17;3-2(4,5)1(6)7/h12H,4-11,13H2,1-3H3;(H,6,7). The van der Waals surface area contributed by atoms with Crippen LogP contribution in [0.5, 0.6) is 0 Å². The molecule has 188 valence electrons. The second kappa shape index (κ2) is 10.4.